The van der Waals surface area contributed by atoms with E-state index in [2.05, 4.69) is 60.3 Å². The first-order chi connectivity index (χ1) is 21.1. The fourth-order valence-corrected chi connectivity index (χ4v) is 14.0. The first-order valence-corrected chi connectivity index (χ1v) is 18.7. The molecule has 8 fully saturated rings. The van der Waals surface area contributed by atoms with E-state index < -0.39 is 12.2 Å². The smallest absolute Gasteiger partial charge is 0.170 e. The van der Waals surface area contributed by atoms with Crippen molar-refractivity contribution in [3.05, 3.63) is 0 Å². The third-order valence-electron chi connectivity index (χ3n) is 16.5. The van der Waals surface area contributed by atoms with Crippen LogP contribution in [0, 0.1) is 56.2 Å². The third-order valence-corrected chi connectivity index (χ3v) is 16.5. The van der Waals surface area contributed by atoms with Gasteiger partial charge >= 0.3 is 0 Å². The molecule has 0 aromatic carbocycles. The standard InChI is InChI=1S/C38H63NO6/c1-22-17-24(31(40)33(2,3)4)44-30-29(22)35(7)13-14-38-21-37(38)12-11-27(45-28-18-39(15-16-43-28)23-19-42-20-23)34(5,6)25(37)9-10-26(38)36(35,8)32(30)41/h22-32,40-41H,9-21H2,1-8H3/t22-,24-,25+,26+,27+,28+,29?,30+,31?,32+,35-,36-,37-,38+/m1/s1. The summed E-state index contributed by atoms with van der Waals surface area (Å²) in [6, 6.07) is 0.528. The Bertz CT molecular complexity index is 1170. The summed E-state index contributed by atoms with van der Waals surface area (Å²) >= 11 is 0. The molecule has 0 aromatic rings. The van der Waals surface area contributed by atoms with Crippen LogP contribution >= 0.6 is 0 Å². The molecule has 5 saturated carbocycles. The molecule has 0 bridgehead atoms. The van der Waals surface area contributed by atoms with Crippen LogP contribution in [0.1, 0.15) is 107 Å². The monoisotopic (exact) mass is 629 g/mol. The van der Waals surface area contributed by atoms with Gasteiger partial charge in [-0.15, -0.1) is 0 Å². The summed E-state index contributed by atoms with van der Waals surface area (Å²) in [6.45, 7) is 22.9. The highest BCUT2D eigenvalue weighted by atomic mass is 16.7. The maximum Gasteiger partial charge on any atom is 0.170 e. The van der Waals surface area contributed by atoms with Gasteiger partial charge in [-0.1, -0.05) is 55.4 Å². The highest BCUT2D eigenvalue weighted by Crippen LogP contribution is 2.89. The minimum atomic E-state index is -0.529. The van der Waals surface area contributed by atoms with Gasteiger partial charge in [-0.2, -0.15) is 0 Å². The molecule has 14 atom stereocenters. The van der Waals surface area contributed by atoms with Gasteiger partial charge in [-0.05, 0) is 102 Å². The molecule has 0 radical (unpaired) electrons. The molecular formula is C38H63NO6. The van der Waals surface area contributed by atoms with Crippen molar-refractivity contribution in [1.29, 1.82) is 0 Å². The van der Waals surface area contributed by atoms with Crippen LogP contribution < -0.4 is 0 Å². The zero-order valence-corrected chi connectivity index (χ0v) is 29.5. The molecule has 45 heavy (non-hydrogen) atoms. The van der Waals surface area contributed by atoms with Crippen molar-refractivity contribution in [2.24, 2.45) is 56.2 Å². The molecule has 0 aromatic heterocycles. The van der Waals surface area contributed by atoms with Gasteiger partial charge < -0.3 is 29.2 Å². The lowest BCUT2D eigenvalue weighted by Crippen LogP contribution is -2.60. The molecular weight excluding hydrogens is 566 g/mol. The number of aliphatic hydroxyl groups excluding tert-OH is 2. The molecule has 5 aliphatic carbocycles. The Balaban J connectivity index is 1.03. The zero-order chi connectivity index (χ0) is 31.9. The van der Waals surface area contributed by atoms with E-state index in [1.165, 1.54) is 38.5 Å². The second kappa shape index (κ2) is 10.1. The number of aliphatic hydroxyl groups is 2. The Morgan fingerprint density at radius 2 is 1.67 bits per heavy atom. The van der Waals surface area contributed by atoms with Crippen LogP contribution in [-0.2, 0) is 18.9 Å². The summed E-state index contributed by atoms with van der Waals surface area (Å²) in [6.07, 6.45) is 8.14. The van der Waals surface area contributed by atoms with Crippen molar-refractivity contribution < 1.29 is 29.2 Å². The molecule has 8 aliphatic rings. The van der Waals surface area contributed by atoms with Crippen molar-refractivity contribution in [2.45, 2.75) is 150 Å². The third kappa shape index (κ3) is 4.13. The van der Waals surface area contributed by atoms with Crippen molar-refractivity contribution >= 4 is 0 Å². The molecule has 2 N–H and O–H groups in total. The van der Waals surface area contributed by atoms with E-state index in [-0.39, 0.29) is 46.3 Å². The lowest BCUT2D eigenvalue weighted by atomic mass is 9.41. The van der Waals surface area contributed by atoms with Crippen molar-refractivity contribution in [2.75, 3.05) is 32.9 Å². The molecule has 3 heterocycles. The minimum absolute atomic E-state index is 0.0478. The van der Waals surface area contributed by atoms with Crippen LogP contribution in [0.25, 0.3) is 0 Å². The van der Waals surface area contributed by atoms with Gasteiger partial charge in [-0.3, -0.25) is 4.90 Å². The Morgan fingerprint density at radius 1 is 0.956 bits per heavy atom. The van der Waals surface area contributed by atoms with Crippen molar-refractivity contribution in [1.82, 2.24) is 4.90 Å². The summed E-state index contributed by atoms with van der Waals surface area (Å²) in [7, 11) is 0. The highest BCUT2D eigenvalue weighted by Gasteiger charge is 2.84. The number of hydrogen-bond acceptors (Lipinski definition) is 7. The van der Waals surface area contributed by atoms with Crippen molar-refractivity contribution in [3.8, 4) is 0 Å². The van der Waals surface area contributed by atoms with Gasteiger partial charge in [0, 0.05) is 12.0 Å². The summed E-state index contributed by atoms with van der Waals surface area (Å²) < 4.78 is 25.4. The number of ether oxygens (including phenoxy) is 4. The topological polar surface area (TPSA) is 80.6 Å². The van der Waals surface area contributed by atoms with E-state index in [4.69, 9.17) is 18.9 Å². The molecule has 2 unspecified atom stereocenters. The molecule has 256 valence electrons. The van der Waals surface area contributed by atoms with Crippen LogP contribution in [0.2, 0.25) is 0 Å². The predicted molar refractivity (Wildman–Crippen MR) is 172 cm³/mol. The van der Waals surface area contributed by atoms with Gasteiger partial charge in [0.2, 0.25) is 0 Å². The molecule has 3 aliphatic heterocycles. The van der Waals surface area contributed by atoms with Crippen LogP contribution in [-0.4, -0.2) is 90.9 Å². The van der Waals surface area contributed by atoms with E-state index in [0.717, 1.165) is 45.8 Å². The number of rotatable bonds is 4. The zero-order valence-electron chi connectivity index (χ0n) is 29.5. The van der Waals surface area contributed by atoms with Gasteiger partial charge in [0.15, 0.2) is 6.29 Å². The molecule has 7 heteroatoms. The van der Waals surface area contributed by atoms with Gasteiger partial charge in [0.25, 0.3) is 0 Å². The fraction of sp³-hybridized carbons (Fsp3) is 1.00. The number of morpholine rings is 1. The van der Waals surface area contributed by atoms with Gasteiger partial charge in [0.05, 0.1) is 62.9 Å². The highest BCUT2D eigenvalue weighted by molar-refractivity contribution is 5.33. The molecule has 0 amide bonds. The van der Waals surface area contributed by atoms with Crippen LogP contribution in [0.4, 0.5) is 0 Å². The van der Waals surface area contributed by atoms with E-state index in [9.17, 15) is 10.2 Å². The van der Waals surface area contributed by atoms with Gasteiger partial charge in [-0.25, -0.2) is 0 Å². The second-order valence-corrected chi connectivity index (χ2v) is 19.5. The van der Waals surface area contributed by atoms with E-state index in [0.29, 0.717) is 40.5 Å². The SMILES string of the molecule is C[C@@H]1C[C@H](C(O)C(C)(C)C)O[C@H]2C1[C@@]1(C)CC[C@@]34C[C@@]35CC[C@H](O[C@H]3CN(C6COC6)CCO3)C(C)(C)[C@@H]5CC[C@H]4[C@]1(C)[C@H]2O. The van der Waals surface area contributed by atoms with Crippen LogP contribution in [0.3, 0.4) is 0 Å². The van der Waals surface area contributed by atoms with E-state index in [1.54, 1.807) is 0 Å². The molecule has 3 saturated heterocycles. The lowest BCUT2D eigenvalue weighted by Gasteiger charge is -2.64. The Hall–Kier alpha value is -0.280. The average Bonchev–Trinajstić information content (AvgIpc) is 3.57. The Labute approximate surface area is 272 Å². The molecule has 8 rings (SSSR count). The van der Waals surface area contributed by atoms with E-state index in [1.807, 2.05) is 0 Å². The summed E-state index contributed by atoms with van der Waals surface area (Å²) in [5, 5.41) is 23.8. The van der Waals surface area contributed by atoms with E-state index >= 15 is 0 Å². The largest absolute Gasteiger partial charge is 0.390 e. The summed E-state index contributed by atoms with van der Waals surface area (Å²) in [5.41, 5.74) is 0.427. The average molecular weight is 630 g/mol. The second-order valence-electron chi connectivity index (χ2n) is 19.5. The lowest BCUT2D eigenvalue weighted by molar-refractivity contribution is -0.256. The summed E-state index contributed by atoms with van der Waals surface area (Å²) in [5.74, 6) is 1.94. The molecule has 2 spiro atoms. The maximum atomic E-state index is 12.5. The predicted octanol–water partition coefficient (Wildman–Crippen LogP) is 5.65. The summed E-state index contributed by atoms with van der Waals surface area (Å²) in [4.78, 5) is 2.51. The fourth-order valence-electron chi connectivity index (χ4n) is 14.0. The van der Waals surface area contributed by atoms with Crippen molar-refractivity contribution in [3.63, 3.8) is 0 Å². The Kier molecular flexibility index (Phi) is 7.20. The quantitative estimate of drug-likeness (QED) is 0.416. The Morgan fingerprint density at radius 3 is 2.36 bits per heavy atom. The van der Waals surface area contributed by atoms with Crippen LogP contribution in [0.15, 0.2) is 0 Å². The number of hydrogen-bond donors (Lipinski definition) is 2. The van der Waals surface area contributed by atoms with Crippen LogP contribution in [0.5, 0.6) is 0 Å². The minimum Gasteiger partial charge on any atom is -0.390 e. The van der Waals surface area contributed by atoms with Gasteiger partial charge in [0.1, 0.15) is 0 Å². The first kappa shape index (κ1) is 32.0. The normalized spacial score (nSPS) is 54.9. The first-order valence-electron chi connectivity index (χ1n) is 18.7. The number of nitrogens with zero attached hydrogens (tertiary/aromatic N) is 1. The maximum absolute atomic E-state index is 12.5. The number of fused-ring (bicyclic) bond motifs is 4. The molecule has 7 nitrogen and oxygen atoms in total.